The number of nitrogens with one attached hydrogen (secondary N) is 1. The van der Waals surface area contributed by atoms with E-state index in [0.29, 0.717) is 24.5 Å². The van der Waals surface area contributed by atoms with Crippen LogP contribution in [0.4, 0.5) is 10.7 Å². The highest BCUT2D eigenvalue weighted by atomic mass is 16.3. The van der Waals surface area contributed by atoms with Gasteiger partial charge >= 0.3 is 6.03 Å². The number of imide groups is 1. The van der Waals surface area contributed by atoms with Crippen molar-refractivity contribution in [3.05, 3.63) is 36.4 Å². The van der Waals surface area contributed by atoms with E-state index < -0.39 is 11.6 Å². The normalized spacial score (nSPS) is 14.0. The number of urea groups is 1. The Labute approximate surface area is 178 Å². The zero-order valence-electron chi connectivity index (χ0n) is 17.1. The maximum atomic E-state index is 11.8. The van der Waals surface area contributed by atoms with Gasteiger partial charge in [-0.2, -0.15) is 0 Å². The van der Waals surface area contributed by atoms with E-state index in [0.717, 1.165) is 16.5 Å². The van der Waals surface area contributed by atoms with Gasteiger partial charge in [0.15, 0.2) is 0 Å². The second-order valence-corrected chi connectivity index (χ2v) is 7.71. The smallest absolute Gasteiger partial charge is 0.324 e. The summed E-state index contributed by atoms with van der Waals surface area (Å²) in [6.07, 6.45) is 5.17. The molecule has 0 bridgehead atoms. The third-order valence-electron chi connectivity index (χ3n) is 4.69. The molecule has 1 aliphatic heterocycles. The Balaban J connectivity index is 1.75. The Kier molecular flexibility index (Phi) is 5.04. The van der Waals surface area contributed by atoms with Crippen LogP contribution >= 0.6 is 0 Å². The number of aromatic nitrogens is 4. The summed E-state index contributed by atoms with van der Waals surface area (Å²) in [6.45, 7) is 4.05. The first-order valence-electron chi connectivity index (χ1n) is 9.62. The molecule has 0 spiro atoms. The molecule has 3 aromatic heterocycles. The van der Waals surface area contributed by atoms with Crippen LogP contribution in [-0.4, -0.2) is 60.2 Å². The molecule has 1 saturated heterocycles. The van der Waals surface area contributed by atoms with Crippen LogP contribution in [0.1, 0.15) is 19.5 Å². The van der Waals surface area contributed by atoms with Gasteiger partial charge in [-0.1, -0.05) is 5.92 Å². The van der Waals surface area contributed by atoms with Crippen LogP contribution < -0.4 is 11.1 Å². The van der Waals surface area contributed by atoms with Crippen molar-refractivity contribution < 1.29 is 14.7 Å². The summed E-state index contributed by atoms with van der Waals surface area (Å²) in [6, 6.07) is 3.18. The molecule has 3 aromatic rings. The largest absolute Gasteiger partial charge is 0.378 e. The number of rotatable bonds is 4. The monoisotopic (exact) mass is 419 g/mol. The minimum absolute atomic E-state index is 0.0439. The topological polar surface area (TPSA) is 139 Å². The standard InChI is InChI=1S/C21H21N7O3/c1-21(2,31)5-3-13-9-14-15(16-4-6-23-19(22)25-16)11-27(17(14)10-24-13)7-8-28-12-18(29)26-20(28)30/h4,6,9-11,31H,7-8,12H2,1-2H3,(H2,22,23,25)(H,26,29,30). The van der Waals surface area contributed by atoms with E-state index in [1.165, 1.54) is 4.90 Å². The molecule has 0 aromatic carbocycles. The Morgan fingerprint density at radius 3 is 2.77 bits per heavy atom. The zero-order valence-corrected chi connectivity index (χ0v) is 17.1. The number of carbonyl (C=O) groups excluding carboxylic acids is 2. The van der Waals surface area contributed by atoms with Gasteiger partial charge in [0, 0.05) is 36.4 Å². The number of hydrogen-bond acceptors (Lipinski definition) is 7. The molecule has 10 nitrogen and oxygen atoms in total. The number of fused-ring (bicyclic) bond motifs is 1. The Morgan fingerprint density at radius 2 is 2.10 bits per heavy atom. The summed E-state index contributed by atoms with van der Waals surface area (Å²) in [5, 5.41) is 13.0. The molecule has 31 heavy (non-hydrogen) atoms. The maximum absolute atomic E-state index is 11.8. The van der Waals surface area contributed by atoms with Crippen molar-refractivity contribution in [2.24, 2.45) is 0 Å². The number of anilines is 1. The summed E-state index contributed by atoms with van der Waals surface area (Å²) in [5.41, 5.74) is 7.38. The predicted molar refractivity (Wildman–Crippen MR) is 113 cm³/mol. The number of nitrogens with zero attached hydrogens (tertiary/aromatic N) is 5. The van der Waals surface area contributed by atoms with Gasteiger partial charge < -0.3 is 20.3 Å². The predicted octanol–water partition coefficient (Wildman–Crippen LogP) is 0.750. The summed E-state index contributed by atoms with van der Waals surface area (Å²) < 4.78 is 1.94. The molecule has 0 radical (unpaired) electrons. The molecule has 158 valence electrons. The minimum Gasteiger partial charge on any atom is -0.378 e. The average molecular weight is 419 g/mol. The molecule has 4 heterocycles. The van der Waals surface area contributed by atoms with Crippen LogP contribution in [0.15, 0.2) is 30.7 Å². The lowest BCUT2D eigenvalue weighted by Crippen LogP contribution is -2.31. The molecule has 0 unspecified atom stereocenters. The minimum atomic E-state index is -1.14. The van der Waals surface area contributed by atoms with E-state index >= 15 is 0 Å². The Bertz CT molecular complexity index is 1250. The number of aliphatic hydroxyl groups is 1. The van der Waals surface area contributed by atoms with Gasteiger partial charge in [-0.3, -0.25) is 10.1 Å². The number of nitrogens with two attached hydrogens (primary N) is 1. The Hall–Kier alpha value is -3.97. The van der Waals surface area contributed by atoms with E-state index in [9.17, 15) is 14.7 Å². The number of pyridine rings is 1. The zero-order chi connectivity index (χ0) is 22.2. The third-order valence-corrected chi connectivity index (χ3v) is 4.69. The SMILES string of the molecule is CC(C)(O)C#Cc1cc2c(-c3ccnc(N)n3)cn(CCN3CC(=O)NC3=O)c2cn1. The number of amides is 3. The first-order valence-corrected chi connectivity index (χ1v) is 9.62. The average Bonchev–Trinajstić information content (AvgIpc) is 3.22. The molecule has 10 heteroatoms. The molecular formula is C21H21N7O3. The van der Waals surface area contributed by atoms with E-state index in [-0.39, 0.29) is 18.4 Å². The number of nitrogen functional groups attached to an aromatic ring is 1. The van der Waals surface area contributed by atoms with Crippen LogP contribution in [0.3, 0.4) is 0 Å². The van der Waals surface area contributed by atoms with Crippen molar-refractivity contribution in [1.29, 1.82) is 0 Å². The van der Waals surface area contributed by atoms with Gasteiger partial charge in [0.2, 0.25) is 11.9 Å². The molecule has 4 N–H and O–H groups in total. The summed E-state index contributed by atoms with van der Waals surface area (Å²) >= 11 is 0. The number of hydrogen-bond donors (Lipinski definition) is 3. The molecule has 3 amide bonds. The first-order chi connectivity index (χ1) is 14.7. The third kappa shape index (κ3) is 4.46. The molecule has 1 fully saturated rings. The van der Waals surface area contributed by atoms with Crippen molar-refractivity contribution in [1.82, 2.24) is 29.7 Å². The fourth-order valence-corrected chi connectivity index (χ4v) is 3.28. The van der Waals surface area contributed by atoms with Gasteiger partial charge in [-0.25, -0.2) is 19.7 Å². The molecule has 0 atom stereocenters. The van der Waals surface area contributed by atoms with E-state index in [2.05, 4.69) is 32.1 Å². The quantitative estimate of drug-likeness (QED) is 0.419. The van der Waals surface area contributed by atoms with Gasteiger partial charge in [0.25, 0.3) is 0 Å². The van der Waals surface area contributed by atoms with Gasteiger partial charge in [0.1, 0.15) is 17.8 Å². The fraction of sp³-hybridized carbons (Fsp3) is 0.286. The fourth-order valence-electron chi connectivity index (χ4n) is 3.28. The molecule has 1 aliphatic rings. The van der Waals surface area contributed by atoms with Gasteiger partial charge in [-0.05, 0) is 31.9 Å². The summed E-state index contributed by atoms with van der Waals surface area (Å²) in [4.78, 5) is 37.4. The molecule has 4 rings (SSSR count). The molecule has 0 saturated carbocycles. The van der Waals surface area contributed by atoms with E-state index in [1.54, 1.807) is 32.3 Å². The lowest BCUT2D eigenvalue weighted by Gasteiger charge is -2.14. The lowest BCUT2D eigenvalue weighted by atomic mass is 10.1. The van der Waals surface area contributed by atoms with E-state index in [4.69, 9.17) is 5.73 Å². The second kappa shape index (κ2) is 7.70. The van der Waals surface area contributed by atoms with Crippen LogP contribution in [0.2, 0.25) is 0 Å². The first kappa shape index (κ1) is 20.3. The van der Waals surface area contributed by atoms with Crippen LogP contribution in [0.5, 0.6) is 0 Å². The van der Waals surface area contributed by atoms with Crippen molar-refractivity contribution in [2.45, 2.75) is 26.0 Å². The van der Waals surface area contributed by atoms with Crippen LogP contribution in [0.25, 0.3) is 22.2 Å². The highest BCUT2D eigenvalue weighted by Crippen LogP contribution is 2.30. The second-order valence-electron chi connectivity index (χ2n) is 7.71. The van der Waals surface area contributed by atoms with Crippen molar-refractivity contribution >= 4 is 28.8 Å². The highest BCUT2D eigenvalue weighted by Gasteiger charge is 2.26. The van der Waals surface area contributed by atoms with Gasteiger partial charge in [-0.15, -0.1) is 0 Å². The van der Waals surface area contributed by atoms with Crippen molar-refractivity contribution in [3.8, 4) is 23.1 Å². The lowest BCUT2D eigenvalue weighted by molar-refractivity contribution is -0.118. The van der Waals surface area contributed by atoms with E-state index in [1.807, 2.05) is 16.8 Å². The molecule has 0 aliphatic carbocycles. The van der Waals surface area contributed by atoms with Gasteiger partial charge in [0.05, 0.1) is 17.4 Å². The van der Waals surface area contributed by atoms with Crippen molar-refractivity contribution in [2.75, 3.05) is 18.8 Å². The summed E-state index contributed by atoms with van der Waals surface area (Å²) in [7, 11) is 0. The Morgan fingerprint density at radius 1 is 1.29 bits per heavy atom. The number of carbonyl (C=O) groups is 2. The maximum Gasteiger partial charge on any atom is 0.324 e. The summed E-state index contributed by atoms with van der Waals surface area (Å²) in [5.74, 6) is 5.49. The van der Waals surface area contributed by atoms with Crippen LogP contribution in [0, 0.1) is 11.8 Å². The molecular weight excluding hydrogens is 398 g/mol. The van der Waals surface area contributed by atoms with Crippen molar-refractivity contribution in [3.63, 3.8) is 0 Å². The van der Waals surface area contributed by atoms with Crippen LogP contribution in [-0.2, 0) is 11.3 Å². The highest BCUT2D eigenvalue weighted by molar-refractivity contribution is 6.01.